The summed E-state index contributed by atoms with van der Waals surface area (Å²) < 4.78 is 47.8. The Morgan fingerprint density at radius 1 is 1.24 bits per heavy atom. The number of benzene rings is 1. The molecule has 2 aromatic heterocycles. The molecule has 5 rings (SSSR count). The van der Waals surface area contributed by atoms with Gasteiger partial charge in [0.1, 0.15) is 17.9 Å². The maximum atomic E-state index is 14.5. The average molecular weight is 475 g/mol. The highest BCUT2D eigenvalue weighted by molar-refractivity contribution is 7.88. The summed E-state index contributed by atoms with van der Waals surface area (Å²) in [5.74, 6) is 1.08. The lowest BCUT2D eigenvalue weighted by molar-refractivity contribution is 0.186. The van der Waals surface area contributed by atoms with Gasteiger partial charge in [0.25, 0.3) is 0 Å². The molecule has 0 aliphatic carbocycles. The Balaban J connectivity index is 1.41. The largest absolute Gasteiger partial charge is 0.493 e. The van der Waals surface area contributed by atoms with Crippen LogP contribution in [-0.2, 0) is 23.0 Å². The molecule has 33 heavy (non-hydrogen) atoms. The number of hydrogen-bond acceptors (Lipinski definition) is 7. The molecule has 4 heterocycles. The number of fused-ring (bicyclic) bond motifs is 2. The van der Waals surface area contributed by atoms with Crippen molar-refractivity contribution in [1.29, 1.82) is 0 Å². The van der Waals surface area contributed by atoms with Crippen LogP contribution in [0.25, 0.3) is 5.65 Å². The maximum absolute atomic E-state index is 14.5. The first-order valence-corrected chi connectivity index (χ1v) is 12.9. The van der Waals surface area contributed by atoms with Crippen LogP contribution in [0, 0.1) is 5.82 Å². The fourth-order valence-corrected chi connectivity index (χ4v) is 6.88. The second kappa shape index (κ2) is 8.21. The van der Waals surface area contributed by atoms with Crippen molar-refractivity contribution in [3.63, 3.8) is 0 Å². The molecule has 2 aliphatic heterocycles. The predicted molar refractivity (Wildman–Crippen MR) is 121 cm³/mol. The maximum Gasteiger partial charge on any atom is 0.211 e. The van der Waals surface area contributed by atoms with Crippen LogP contribution >= 0.6 is 0 Å². The molecule has 1 fully saturated rings. The van der Waals surface area contributed by atoms with E-state index in [2.05, 4.69) is 20.5 Å². The number of aromatic nitrogens is 4. The summed E-state index contributed by atoms with van der Waals surface area (Å²) in [6.45, 7) is 4.69. The molecule has 0 saturated carbocycles. The van der Waals surface area contributed by atoms with E-state index in [1.165, 1.54) is 12.3 Å². The van der Waals surface area contributed by atoms with Gasteiger partial charge in [-0.15, -0.1) is 10.2 Å². The normalized spacial score (nSPS) is 23.5. The zero-order valence-electron chi connectivity index (χ0n) is 18.8. The van der Waals surface area contributed by atoms with E-state index >= 15 is 0 Å². The van der Waals surface area contributed by atoms with Crippen LogP contribution in [-0.4, -0.2) is 57.3 Å². The Morgan fingerprint density at radius 2 is 2.00 bits per heavy atom. The van der Waals surface area contributed by atoms with Crippen LogP contribution in [0.5, 0.6) is 5.75 Å². The van der Waals surface area contributed by atoms with Crippen LogP contribution in [0.15, 0.2) is 24.7 Å². The van der Waals surface area contributed by atoms with Gasteiger partial charge in [-0.05, 0) is 44.7 Å². The summed E-state index contributed by atoms with van der Waals surface area (Å²) in [5.41, 5.74) is 3.07. The van der Waals surface area contributed by atoms with Gasteiger partial charge in [-0.25, -0.2) is 17.8 Å². The molecular weight excluding hydrogens is 447 g/mol. The van der Waals surface area contributed by atoms with Crippen LogP contribution in [0.2, 0.25) is 0 Å². The van der Waals surface area contributed by atoms with Crippen molar-refractivity contribution in [3.8, 4) is 5.75 Å². The number of anilines is 1. The van der Waals surface area contributed by atoms with Gasteiger partial charge in [0, 0.05) is 47.9 Å². The monoisotopic (exact) mass is 474 g/mol. The molecule has 0 amide bonds. The first-order chi connectivity index (χ1) is 15.7. The topological polar surface area (TPSA) is 102 Å². The van der Waals surface area contributed by atoms with E-state index in [4.69, 9.17) is 4.74 Å². The van der Waals surface area contributed by atoms with Gasteiger partial charge in [-0.3, -0.25) is 4.40 Å². The molecule has 9 nitrogen and oxygen atoms in total. The second-order valence-corrected chi connectivity index (χ2v) is 10.9. The van der Waals surface area contributed by atoms with Gasteiger partial charge >= 0.3 is 0 Å². The third-order valence-electron chi connectivity index (χ3n) is 6.67. The fraction of sp³-hybridized carbons (Fsp3) is 0.500. The Labute approximate surface area is 192 Å². The van der Waals surface area contributed by atoms with E-state index in [9.17, 15) is 12.8 Å². The smallest absolute Gasteiger partial charge is 0.211 e. The van der Waals surface area contributed by atoms with Crippen molar-refractivity contribution in [3.05, 3.63) is 47.2 Å². The number of halogens is 1. The third kappa shape index (κ3) is 3.93. The minimum absolute atomic E-state index is 0.105. The second-order valence-electron chi connectivity index (χ2n) is 8.98. The standard InChI is InChI=1S/C22H27FN6O3S/c1-13-8-15(9-14(2)29(13)33(3,30)31)17-10-24-22(28-12-26-27-21(17)28)25-11-18-16-6-7-32-20(16)5-4-19(18)23/h4-5,10,12-15H,6-9,11H2,1-3H3,(H,24,25). The molecule has 2 unspecified atom stereocenters. The van der Waals surface area contributed by atoms with E-state index in [1.54, 1.807) is 27.3 Å². The first-order valence-electron chi connectivity index (χ1n) is 11.1. The van der Waals surface area contributed by atoms with Crippen molar-refractivity contribution in [2.75, 3.05) is 18.2 Å². The molecule has 2 aliphatic rings. The Hall–Kier alpha value is -2.79. The number of rotatable bonds is 5. The number of hydrogen-bond donors (Lipinski definition) is 1. The highest BCUT2D eigenvalue weighted by atomic mass is 32.2. The molecule has 0 radical (unpaired) electrons. The summed E-state index contributed by atoms with van der Waals surface area (Å²) in [7, 11) is -3.27. The lowest BCUT2D eigenvalue weighted by Gasteiger charge is -2.40. The SMILES string of the molecule is CC1CC(c2cnc(NCc3c(F)ccc4c3CCO4)n3cnnc23)CC(C)N1S(C)(=O)=O. The van der Waals surface area contributed by atoms with Crippen molar-refractivity contribution in [2.24, 2.45) is 0 Å². The van der Waals surface area contributed by atoms with Gasteiger partial charge in [0.15, 0.2) is 5.65 Å². The minimum atomic E-state index is -3.27. The van der Waals surface area contributed by atoms with Crippen molar-refractivity contribution >= 4 is 21.6 Å². The average Bonchev–Trinajstić information content (AvgIpc) is 3.41. The van der Waals surface area contributed by atoms with Crippen molar-refractivity contribution < 1.29 is 17.5 Å². The Kier molecular flexibility index (Phi) is 5.48. The zero-order chi connectivity index (χ0) is 23.3. The minimum Gasteiger partial charge on any atom is -0.493 e. The van der Waals surface area contributed by atoms with Crippen LogP contribution in [0.4, 0.5) is 10.3 Å². The number of nitrogens with one attached hydrogen (secondary N) is 1. The highest BCUT2D eigenvalue weighted by Crippen LogP contribution is 2.38. The van der Waals surface area contributed by atoms with Gasteiger partial charge in [-0.1, -0.05) is 0 Å². The highest BCUT2D eigenvalue weighted by Gasteiger charge is 2.37. The molecule has 1 N–H and O–H groups in total. The predicted octanol–water partition coefficient (Wildman–Crippen LogP) is 2.73. The van der Waals surface area contributed by atoms with Gasteiger partial charge in [-0.2, -0.15) is 4.31 Å². The first kappa shape index (κ1) is 22.0. The van der Waals surface area contributed by atoms with E-state index in [0.29, 0.717) is 43.0 Å². The molecule has 2 atom stereocenters. The third-order valence-corrected chi connectivity index (χ3v) is 8.15. The molecule has 11 heteroatoms. The van der Waals surface area contributed by atoms with Gasteiger partial charge < -0.3 is 10.1 Å². The summed E-state index contributed by atoms with van der Waals surface area (Å²) in [6, 6.07) is 2.85. The van der Waals surface area contributed by atoms with Gasteiger partial charge in [0.2, 0.25) is 16.0 Å². The van der Waals surface area contributed by atoms with E-state index in [1.807, 2.05) is 13.8 Å². The lowest BCUT2D eigenvalue weighted by atomic mass is 9.84. The number of nitrogens with zero attached hydrogens (tertiary/aromatic N) is 5. The van der Waals surface area contributed by atoms with Crippen LogP contribution in [0.1, 0.15) is 49.3 Å². The summed E-state index contributed by atoms with van der Waals surface area (Å²) >= 11 is 0. The fourth-order valence-electron chi connectivity index (χ4n) is 5.40. The zero-order valence-corrected chi connectivity index (χ0v) is 19.6. The molecule has 0 bridgehead atoms. The molecule has 0 spiro atoms. The van der Waals surface area contributed by atoms with Crippen molar-refractivity contribution in [1.82, 2.24) is 23.9 Å². The Morgan fingerprint density at radius 3 is 2.73 bits per heavy atom. The lowest BCUT2D eigenvalue weighted by Crippen LogP contribution is -2.48. The van der Waals surface area contributed by atoms with E-state index in [0.717, 1.165) is 16.9 Å². The molecular formula is C22H27FN6O3S. The van der Waals surface area contributed by atoms with Gasteiger partial charge in [0.05, 0.1) is 12.9 Å². The molecule has 3 aromatic rings. The number of piperidine rings is 1. The van der Waals surface area contributed by atoms with E-state index < -0.39 is 10.0 Å². The van der Waals surface area contributed by atoms with Crippen molar-refractivity contribution in [2.45, 2.75) is 57.7 Å². The number of sulfonamides is 1. The summed E-state index contributed by atoms with van der Waals surface area (Å²) in [5, 5.41) is 11.6. The molecule has 176 valence electrons. The van der Waals surface area contributed by atoms with Crippen LogP contribution < -0.4 is 10.1 Å². The molecule has 1 aromatic carbocycles. The summed E-state index contributed by atoms with van der Waals surface area (Å²) in [6.07, 6.45) is 6.66. The Bertz CT molecular complexity index is 1300. The van der Waals surface area contributed by atoms with Crippen LogP contribution in [0.3, 0.4) is 0 Å². The summed E-state index contributed by atoms with van der Waals surface area (Å²) in [4.78, 5) is 4.60. The quantitative estimate of drug-likeness (QED) is 0.607. The van der Waals surface area contributed by atoms with E-state index in [-0.39, 0.29) is 30.4 Å². The number of ether oxygens (including phenoxy) is 1. The molecule has 1 saturated heterocycles.